The van der Waals surface area contributed by atoms with Crippen LogP contribution in [0.4, 0.5) is 13.2 Å². The fraction of sp³-hybridized carbons (Fsp3) is 0.333. The number of hydrogen-bond acceptors (Lipinski definition) is 4. The van der Waals surface area contributed by atoms with Gasteiger partial charge in [0.25, 0.3) is 0 Å². The predicted molar refractivity (Wildman–Crippen MR) is 62.9 cm³/mol. The summed E-state index contributed by atoms with van der Waals surface area (Å²) in [6.07, 6.45) is -5.35. The highest BCUT2D eigenvalue weighted by molar-refractivity contribution is 14.1. The molecule has 1 heterocycles. The maximum absolute atomic E-state index is 12.2. The van der Waals surface area contributed by atoms with Gasteiger partial charge in [0.1, 0.15) is 3.70 Å². The van der Waals surface area contributed by atoms with Gasteiger partial charge in [-0.15, -0.1) is 13.2 Å². The van der Waals surface area contributed by atoms with Crippen LogP contribution in [0.2, 0.25) is 0 Å². The maximum Gasteiger partial charge on any atom is 0.574 e. The van der Waals surface area contributed by atoms with Gasteiger partial charge in [-0.3, -0.25) is 4.79 Å². The van der Waals surface area contributed by atoms with Crippen LogP contribution in [-0.2, 0) is 17.8 Å². The summed E-state index contributed by atoms with van der Waals surface area (Å²) < 4.78 is 40.4. The fourth-order valence-corrected chi connectivity index (χ4v) is 1.89. The molecule has 0 saturated carbocycles. The van der Waals surface area contributed by atoms with E-state index in [2.05, 4.69) is 9.72 Å². The van der Waals surface area contributed by atoms with Gasteiger partial charge in [0.15, 0.2) is 0 Å². The summed E-state index contributed by atoms with van der Waals surface area (Å²) in [5.74, 6) is -1.88. The van der Waals surface area contributed by atoms with Crippen molar-refractivity contribution in [1.29, 1.82) is 0 Å². The summed E-state index contributed by atoms with van der Waals surface area (Å²) in [5, 5.41) is 8.67. The minimum atomic E-state index is -4.90. The quantitative estimate of drug-likeness (QED) is 0.617. The number of aliphatic carboxylic acids is 1. The first-order chi connectivity index (χ1) is 8.23. The topological polar surface area (TPSA) is 85.4 Å². The average molecular weight is 376 g/mol. The third kappa shape index (κ3) is 4.29. The second kappa shape index (κ2) is 5.69. The zero-order valence-corrected chi connectivity index (χ0v) is 10.9. The van der Waals surface area contributed by atoms with Crippen molar-refractivity contribution >= 4 is 28.6 Å². The molecule has 1 aromatic heterocycles. The van der Waals surface area contributed by atoms with E-state index in [-0.39, 0.29) is 21.4 Å². The SMILES string of the molecule is NCc1c(CC(=O)O)cc(I)nc1OC(F)(F)F. The average Bonchev–Trinajstić information content (AvgIpc) is 2.13. The standard InChI is InChI=1S/C9H8F3IN2O3/c10-9(11,12)18-8-5(3-14)4(2-7(16)17)1-6(13)15-8/h1H,2-3,14H2,(H,16,17). The molecule has 9 heteroatoms. The van der Waals surface area contributed by atoms with Crippen LogP contribution in [0, 0.1) is 3.70 Å². The molecule has 5 nitrogen and oxygen atoms in total. The van der Waals surface area contributed by atoms with Gasteiger partial charge in [0, 0.05) is 12.1 Å². The number of carbonyl (C=O) groups is 1. The summed E-state index contributed by atoms with van der Waals surface area (Å²) in [6.45, 7) is -0.294. The van der Waals surface area contributed by atoms with E-state index in [1.165, 1.54) is 6.07 Å². The fourth-order valence-electron chi connectivity index (χ4n) is 1.30. The van der Waals surface area contributed by atoms with E-state index in [0.717, 1.165) is 0 Å². The van der Waals surface area contributed by atoms with Crippen LogP contribution in [0.5, 0.6) is 5.88 Å². The second-order valence-corrected chi connectivity index (χ2v) is 4.32. The highest BCUT2D eigenvalue weighted by atomic mass is 127. The van der Waals surface area contributed by atoms with Crippen molar-refractivity contribution in [1.82, 2.24) is 4.98 Å². The van der Waals surface area contributed by atoms with Crippen LogP contribution in [0.15, 0.2) is 6.07 Å². The molecular weight excluding hydrogens is 368 g/mol. The normalized spacial score (nSPS) is 11.4. The molecule has 0 fully saturated rings. The molecule has 0 unspecified atom stereocenters. The molecule has 0 aromatic carbocycles. The zero-order chi connectivity index (χ0) is 13.9. The van der Waals surface area contributed by atoms with Gasteiger partial charge in [-0.25, -0.2) is 4.98 Å². The Morgan fingerprint density at radius 2 is 2.17 bits per heavy atom. The number of carboxylic acid groups (broad SMARTS) is 1. The third-order valence-electron chi connectivity index (χ3n) is 1.91. The van der Waals surface area contributed by atoms with Crippen molar-refractivity contribution in [3.8, 4) is 5.88 Å². The van der Waals surface area contributed by atoms with Crippen molar-refractivity contribution in [2.45, 2.75) is 19.3 Å². The Morgan fingerprint density at radius 1 is 1.56 bits per heavy atom. The Balaban J connectivity index is 3.24. The largest absolute Gasteiger partial charge is 0.574 e. The molecule has 0 radical (unpaired) electrons. The van der Waals surface area contributed by atoms with Gasteiger partial charge in [-0.05, 0) is 34.2 Å². The Morgan fingerprint density at radius 3 is 2.61 bits per heavy atom. The van der Waals surface area contributed by atoms with E-state index in [0.29, 0.717) is 0 Å². The number of carboxylic acids is 1. The van der Waals surface area contributed by atoms with Crippen LogP contribution < -0.4 is 10.5 Å². The lowest BCUT2D eigenvalue weighted by atomic mass is 10.1. The van der Waals surface area contributed by atoms with Crippen LogP contribution in [-0.4, -0.2) is 22.4 Å². The second-order valence-electron chi connectivity index (χ2n) is 3.21. The van der Waals surface area contributed by atoms with Crippen LogP contribution >= 0.6 is 22.6 Å². The van der Waals surface area contributed by atoms with Crippen LogP contribution in [0.25, 0.3) is 0 Å². The van der Waals surface area contributed by atoms with Gasteiger partial charge in [-0.2, -0.15) is 0 Å². The summed E-state index contributed by atoms with van der Waals surface area (Å²) in [4.78, 5) is 14.2. The third-order valence-corrected chi connectivity index (χ3v) is 2.46. The number of pyridine rings is 1. The van der Waals surface area contributed by atoms with Crippen LogP contribution in [0.3, 0.4) is 0 Å². The lowest BCUT2D eigenvalue weighted by Crippen LogP contribution is -2.21. The molecule has 0 aliphatic rings. The van der Waals surface area contributed by atoms with E-state index in [9.17, 15) is 18.0 Å². The molecule has 1 aromatic rings. The van der Waals surface area contributed by atoms with Gasteiger partial charge in [0.2, 0.25) is 5.88 Å². The molecule has 18 heavy (non-hydrogen) atoms. The molecule has 0 atom stereocenters. The molecular formula is C9H8F3IN2O3. The van der Waals surface area contributed by atoms with Crippen molar-refractivity contribution < 1.29 is 27.8 Å². The molecule has 0 aliphatic carbocycles. The molecule has 1 rings (SSSR count). The molecule has 0 saturated heterocycles. The highest BCUT2D eigenvalue weighted by Gasteiger charge is 2.33. The van der Waals surface area contributed by atoms with Crippen LogP contribution in [0.1, 0.15) is 11.1 Å². The molecule has 0 bridgehead atoms. The summed E-state index contributed by atoms with van der Waals surface area (Å²) in [5.41, 5.74) is 5.41. The van der Waals surface area contributed by atoms with E-state index in [4.69, 9.17) is 10.8 Å². The number of halogens is 4. The molecule has 0 aliphatic heterocycles. The summed E-state index contributed by atoms with van der Waals surface area (Å²) in [6, 6.07) is 1.36. The van der Waals surface area contributed by atoms with Gasteiger partial charge >= 0.3 is 12.3 Å². The van der Waals surface area contributed by atoms with Crippen molar-refractivity contribution in [3.63, 3.8) is 0 Å². The van der Waals surface area contributed by atoms with Gasteiger partial charge < -0.3 is 15.6 Å². The highest BCUT2D eigenvalue weighted by Crippen LogP contribution is 2.28. The Bertz CT molecular complexity index is 465. The Labute approximate surface area is 113 Å². The van der Waals surface area contributed by atoms with Gasteiger partial charge in [-0.1, -0.05) is 0 Å². The number of nitrogens with two attached hydrogens (primary N) is 1. The van der Waals surface area contributed by atoms with E-state index >= 15 is 0 Å². The number of rotatable bonds is 4. The van der Waals surface area contributed by atoms with E-state index in [1.54, 1.807) is 22.6 Å². The summed E-state index contributed by atoms with van der Waals surface area (Å²) >= 11 is 1.67. The number of ether oxygens (including phenoxy) is 1. The van der Waals surface area contributed by atoms with Gasteiger partial charge in [0.05, 0.1) is 6.42 Å². The number of alkyl halides is 3. The van der Waals surface area contributed by atoms with E-state index in [1.807, 2.05) is 0 Å². The summed E-state index contributed by atoms with van der Waals surface area (Å²) in [7, 11) is 0. The minimum Gasteiger partial charge on any atom is -0.481 e. The maximum atomic E-state index is 12.2. The molecule has 3 N–H and O–H groups in total. The zero-order valence-electron chi connectivity index (χ0n) is 8.79. The first kappa shape index (κ1) is 15.0. The monoisotopic (exact) mass is 376 g/mol. The van der Waals surface area contributed by atoms with Crippen molar-refractivity contribution in [2.75, 3.05) is 0 Å². The number of hydrogen-bond donors (Lipinski definition) is 2. The molecule has 0 spiro atoms. The van der Waals surface area contributed by atoms with Crippen molar-refractivity contribution in [2.24, 2.45) is 5.73 Å². The first-order valence-electron chi connectivity index (χ1n) is 4.59. The lowest BCUT2D eigenvalue weighted by Gasteiger charge is -2.14. The number of aromatic nitrogens is 1. The first-order valence-corrected chi connectivity index (χ1v) is 5.66. The Kier molecular flexibility index (Phi) is 4.73. The minimum absolute atomic E-state index is 0.0601. The van der Waals surface area contributed by atoms with Crippen molar-refractivity contribution in [3.05, 3.63) is 20.9 Å². The van der Waals surface area contributed by atoms with E-state index < -0.39 is 24.6 Å². The predicted octanol–water partition coefficient (Wildman–Crippen LogP) is 1.67. The Hall–Kier alpha value is -1.10. The number of nitrogens with zero attached hydrogens (tertiary/aromatic N) is 1. The smallest absolute Gasteiger partial charge is 0.481 e. The molecule has 0 amide bonds. The molecule has 100 valence electrons. The lowest BCUT2D eigenvalue weighted by molar-refractivity contribution is -0.276.